The zero-order valence-electron chi connectivity index (χ0n) is 8.66. The van der Waals surface area contributed by atoms with Crippen LogP contribution < -0.4 is 0 Å². The second-order valence-electron chi connectivity index (χ2n) is 3.60. The second kappa shape index (κ2) is 3.45. The maximum atomic E-state index is 11.9. The van der Waals surface area contributed by atoms with Crippen molar-refractivity contribution in [1.29, 1.82) is 0 Å². The van der Waals surface area contributed by atoms with Gasteiger partial charge in [-0.1, -0.05) is 25.1 Å². The van der Waals surface area contributed by atoms with Gasteiger partial charge in [-0.3, -0.25) is 4.79 Å². The summed E-state index contributed by atoms with van der Waals surface area (Å²) in [7, 11) is 0. The van der Waals surface area contributed by atoms with Crippen molar-refractivity contribution in [2.24, 2.45) is 0 Å². The molecule has 1 amide bonds. The molecule has 1 heterocycles. The molecule has 14 heavy (non-hydrogen) atoms. The van der Waals surface area contributed by atoms with Crippen LogP contribution in [0, 0.1) is 0 Å². The van der Waals surface area contributed by atoms with Gasteiger partial charge in [0.05, 0.1) is 6.04 Å². The molecular weight excluding hydrogens is 174 g/mol. The highest BCUT2D eigenvalue weighted by Gasteiger charge is 2.33. The first-order valence-electron chi connectivity index (χ1n) is 5.19. The summed E-state index contributed by atoms with van der Waals surface area (Å²) in [5.74, 6) is 0.190. The second-order valence-corrected chi connectivity index (χ2v) is 3.60. The first-order valence-corrected chi connectivity index (χ1v) is 5.19. The Morgan fingerprint density at radius 2 is 2.00 bits per heavy atom. The van der Waals surface area contributed by atoms with Crippen molar-refractivity contribution in [3.8, 4) is 0 Å². The van der Waals surface area contributed by atoms with Crippen molar-refractivity contribution >= 4 is 5.91 Å². The van der Waals surface area contributed by atoms with Crippen LogP contribution in [-0.4, -0.2) is 17.4 Å². The van der Waals surface area contributed by atoms with Crippen LogP contribution in [0.25, 0.3) is 0 Å². The average Bonchev–Trinajstić information content (AvgIpc) is 2.51. The lowest BCUT2D eigenvalue weighted by Gasteiger charge is -2.22. The predicted octanol–water partition coefficient (Wildman–Crippen LogP) is 2.61. The summed E-state index contributed by atoms with van der Waals surface area (Å²) in [5, 5.41) is 0. The molecule has 0 aliphatic carbocycles. The molecule has 0 saturated carbocycles. The third-order valence-corrected chi connectivity index (χ3v) is 2.91. The minimum Gasteiger partial charge on any atom is -0.332 e. The largest absolute Gasteiger partial charge is 0.332 e. The van der Waals surface area contributed by atoms with Crippen LogP contribution in [-0.2, 0) is 0 Å². The Labute approximate surface area is 84.5 Å². The number of fused-ring (bicyclic) bond motifs is 1. The summed E-state index contributed by atoms with van der Waals surface area (Å²) in [4.78, 5) is 13.9. The van der Waals surface area contributed by atoms with Crippen LogP contribution in [0.3, 0.4) is 0 Å². The van der Waals surface area contributed by atoms with Gasteiger partial charge in [0.25, 0.3) is 5.91 Å². The van der Waals surface area contributed by atoms with E-state index in [1.807, 2.05) is 30.0 Å². The standard InChI is InChI=1S/C12H15NO/c1-3-11-9-7-5-6-8-10(9)12(14)13(11)4-2/h5-8,11H,3-4H2,1-2H3. The Kier molecular flexibility index (Phi) is 2.28. The summed E-state index contributed by atoms with van der Waals surface area (Å²) in [6, 6.07) is 8.23. The summed E-state index contributed by atoms with van der Waals surface area (Å²) in [5.41, 5.74) is 2.09. The Balaban J connectivity index is 2.48. The summed E-state index contributed by atoms with van der Waals surface area (Å²) in [6.45, 7) is 4.96. The van der Waals surface area contributed by atoms with E-state index in [4.69, 9.17) is 0 Å². The van der Waals surface area contributed by atoms with Crippen LogP contribution in [0.15, 0.2) is 24.3 Å². The van der Waals surface area contributed by atoms with Gasteiger partial charge in [-0.25, -0.2) is 0 Å². The predicted molar refractivity (Wildman–Crippen MR) is 56.2 cm³/mol. The molecule has 1 atom stereocenters. The Morgan fingerprint density at radius 1 is 1.29 bits per heavy atom. The maximum absolute atomic E-state index is 11.9. The Morgan fingerprint density at radius 3 is 2.64 bits per heavy atom. The van der Waals surface area contributed by atoms with Crippen molar-refractivity contribution in [3.05, 3.63) is 35.4 Å². The van der Waals surface area contributed by atoms with Crippen molar-refractivity contribution in [2.75, 3.05) is 6.54 Å². The number of nitrogens with zero attached hydrogens (tertiary/aromatic N) is 1. The van der Waals surface area contributed by atoms with Crippen molar-refractivity contribution in [2.45, 2.75) is 26.3 Å². The number of hydrogen-bond acceptors (Lipinski definition) is 1. The number of rotatable bonds is 2. The monoisotopic (exact) mass is 189 g/mol. The SMILES string of the molecule is CCC1c2ccccc2C(=O)N1CC. The lowest BCUT2D eigenvalue weighted by molar-refractivity contribution is 0.0733. The van der Waals surface area contributed by atoms with E-state index >= 15 is 0 Å². The topological polar surface area (TPSA) is 20.3 Å². The van der Waals surface area contributed by atoms with Gasteiger partial charge in [-0.2, -0.15) is 0 Å². The van der Waals surface area contributed by atoms with Gasteiger partial charge < -0.3 is 4.90 Å². The highest BCUT2D eigenvalue weighted by molar-refractivity contribution is 5.99. The zero-order chi connectivity index (χ0) is 10.1. The molecule has 0 radical (unpaired) electrons. The van der Waals surface area contributed by atoms with Crippen LogP contribution >= 0.6 is 0 Å². The van der Waals surface area contributed by atoms with Crippen LogP contribution in [0.4, 0.5) is 0 Å². The number of carbonyl (C=O) groups excluding carboxylic acids is 1. The van der Waals surface area contributed by atoms with E-state index in [0.29, 0.717) is 6.04 Å². The normalized spacial score (nSPS) is 20.0. The zero-order valence-corrected chi connectivity index (χ0v) is 8.66. The summed E-state index contributed by atoms with van der Waals surface area (Å²) < 4.78 is 0. The molecule has 2 heteroatoms. The van der Waals surface area contributed by atoms with Crippen molar-refractivity contribution in [3.63, 3.8) is 0 Å². The third kappa shape index (κ3) is 1.14. The minimum absolute atomic E-state index is 0.190. The third-order valence-electron chi connectivity index (χ3n) is 2.91. The molecule has 0 aromatic heterocycles. The molecule has 0 N–H and O–H groups in total. The fourth-order valence-electron chi connectivity index (χ4n) is 2.25. The molecule has 0 saturated heterocycles. The molecule has 1 aromatic carbocycles. The first kappa shape index (κ1) is 9.25. The van der Waals surface area contributed by atoms with Gasteiger partial charge in [-0.05, 0) is 25.0 Å². The highest BCUT2D eigenvalue weighted by atomic mass is 16.2. The molecule has 0 bridgehead atoms. The Bertz CT molecular complexity index is 359. The van der Waals surface area contributed by atoms with Gasteiger partial charge >= 0.3 is 0 Å². The molecule has 1 unspecified atom stereocenters. The molecule has 1 aliphatic heterocycles. The van der Waals surface area contributed by atoms with E-state index in [2.05, 4.69) is 13.0 Å². The van der Waals surface area contributed by atoms with Gasteiger partial charge in [0, 0.05) is 12.1 Å². The van der Waals surface area contributed by atoms with Crippen LogP contribution in [0.1, 0.15) is 42.2 Å². The summed E-state index contributed by atoms with van der Waals surface area (Å²) in [6.07, 6.45) is 0.997. The minimum atomic E-state index is 0.190. The van der Waals surface area contributed by atoms with Gasteiger partial charge in [-0.15, -0.1) is 0 Å². The first-order chi connectivity index (χ1) is 6.79. The molecular formula is C12H15NO. The molecule has 0 spiro atoms. The average molecular weight is 189 g/mol. The van der Waals surface area contributed by atoms with Gasteiger partial charge in [0.2, 0.25) is 0 Å². The van der Waals surface area contributed by atoms with Crippen molar-refractivity contribution in [1.82, 2.24) is 4.90 Å². The highest BCUT2D eigenvalue weighted by Crippen LogP contribution is 2.34. The van der Waals surface area contributed by atoms with E-state index in [1.54, 1.807) is 0 Å². The lowest BCUT2D eigenvalue weighted by atomic mass is 10.0. The molecule has 0 fully saturated rings. The van der Waals surface area contributed by atoms with E-state index in [1.165, 1.54) is 5.56 Å². The fourth-order valence-corrected chi connectivity index (χ4v) is 2.25. The van der Waals surface area contributed by atoms with Gasteiger partial charge in [0.1, 0.15) is 0 Å². The number of hydrogen-bond donors (Lipinski definition) is 0. The maximum Gasteiger partial charge on any atom is 0.254 e. The van der Waals surface area contributed by atoms with E-state index < -0.39 is 0 Å². The molecule has 2 nitrogen and oxygen atoms in total. The van der Waals surface area contributed by atoms with Gasteiger partial charge in [0.15, 0.2) is 0 Å². The van der Waals surface area contributed by atoms with E-state index in [0.717, 1.165) is 18.5 Å². The molecule has 1 aliphatic rings. The number of amides is 1. The fraction of sp³-hybridized carbons (Fsp3) is 0.417. The van der Waals surface area contributed by atoms with E-state index in [9.17, 15) is 4.79 Å². The molecule has 2 rings (SSSR count). The number of benzene rings is 1. The van der Waals surface area contributed by atoms with E-state index in [-0.39, 0.29) is 5.91 Å². The lowest BCUT2D eigenvalue weighted by Crippen LogP contribution is -2.27. The molecule has 74 valence electrons. The van der Waals surface area contributed by atoms with Crippen LogP contribution in [0.5, 0.6) is 0 Å². The number of carbonyl (C=O) groups is 1. The Hall–Kier alpha value is -1.31. The van der Waals surface area contributed by atoms with Crippen LogP contribution in [0.2, 0.25) is 0 Å². The smallest absolute Gasteiger partial charge is 0.254 e. The quantitative estimate of drug-likeness (QED) is 0.700. The molecule has 1 aromatic rings. The summed E-state index contributed by atoms with van der Waals surface area (Å²) >= 11 is 0. The van der Waals surface area contributed by atoms with Crippen molar-refractivity contribution < 1.29 is 4.79 Å².